The molecule has 2 aromatic heterocycles. The third-order valence-electron chi connectivity index (χ3n) is 8.13. The van der Waals surface area contributed by atoms with E-state index in [1.165, 1.54) is 0 Å². The van der Waals surface area contributed by atoms with Crippen LogP contribution in [0.25, 0.3) is 0 Å². The van der Waals surface area contributed by atoms with E-state index < -0.39 is 5.60 Å². The molecule has 3 rings (SSSR count). The van der Waals surface area contributed by atoms with Crippen molar-refractivity contribution in [3.05, 3.63) is 57.6 Å². The standard InChI is InChI=1S/C37H58N4O8/c1-5-48-34(43)27-30(31-15-17-33(42)40(28-31)20-22-46-24-26-47-25-23-45-21-18-38)11-8-6-7-9-13-32-16-14-29-12-10-19-41(35(29)39-32)36(44)49-37(2,3)4/h14-17,28,30H,5-13,18-27,38H2,1-4H3. The number of hydrogen-bond donors (Lipinski definition) is 1. The quantitative estimate of drug-likeness (QED) is 0.130. The van der Waals surface area contributed by atoms with Gasteiger partial charge in [0.1, 0.15) is 11.4 Å². The number of nitrogens with two attached hydrogens (primary N) is 1. The number of aromatic nitrogens is 2. The van der Waals surface area contributed by atoms with Gasteiger partial charge in [0.05, 0.1) is 52.7 Å². The molecule has 12 heteroatoms. The number of amides is 1. The summed E-state index contributed by atoms with van der Waals surface area (Å²) in [6, 6.07) is 7.55. The second-order valence-corrected chi connectivity index (χ2v) is 13.3. The van der Waals surface area contributed by atoms with Gasteiger partial charge in [0.25, 0.3) is 5.56 Å². The highest BCUT2D eigenvalue weighted by atomic mass is 16.6. The number of anilines is 1. The lowest BCUT2D eigenvalue weighted by atomic mass is 9.91. The van der Waals surface area contributed by atoms with E-state index in [0.717, 1.165) is 74.0 Å². The molecule has 0 radical (unpaired) electrons. The SMILES string of the molecule is CCOC(=O)CC(CCCCCCc1ccc2c(n1)N(C(=O)OC(C)(C)C)CCC2)c1ccc(=O)n(CCOCCOCCOCCN)c1. The maximum Gasteiger partial charge on any atom is 0.416 e. The van der Waals surface area contributed by atoms with Crippen LogP contribution in [0.1, 0.15) is 95.4 Å². The van der Waals surface area contributed by atoms with Crippen LogP contribution in [0.3, 0.4) is 0 Å². The average Bonchev–Trinajstić information content (AvgIpc) is 3.06. The Morgan fingerprint density at radius 2 is 1.65 bits per heavy atom. The van der Waals surface area contributed by atoms with Crippen LogP contribution in [0.5, 0.6) is 0 Å². The molecule has 0 aliphatic carbocycles. The molecular formula is C37H58N4O8. The van der Waals surface area contributed by atoms with Crippen LogP contribution in [-0.2, 0) is 47.9 Å². The third kappa shape index (κ3) is 15.0. The fourth-order valence-electron chi connectivity index (χ4n) is 5.73. The van der Waals surface area contributed by atoms with E-state index in [4.69, 9.17) is 34.4 Å². The lowest BCUT2D eigenvalue weighted by molar-refractivity contribution is -0.143. The monoisotopic (exact) mass is 686 g/mol. The number of esters is 1. The molecule has 1 aliphatic rings. The van der Waals surface area contributed by atoms with Gasteiger partial charge in [0, 0.05) is 37.6 Å². The molecule has 3 heterocycles. The number of hydrogen-bond acceptors (Lipinski definition) is 10. The Labute approximate surface area is 291 Å². The maximum atomic E-state index is 12.8. The summed E-state index contributed by atoms with van der Waals surface area (Å²) >= 11 is 0. The molecule has 0 spiro atoms. The Bertz CT molecular complexity index is 1340. The van der Waals surface area contributed by atoms with Crippen molar-refractivity contribution >= 4 is 17.9 Å². The fraction of sp³-hybridized carbons (Fsp3) is 0.676. The molecule has 1 atom stereocenters. The number of aryl methyl sites for hydroxylation is 2. The van der Waals surface area contributed by atoms with Crippen molar-refractivity contribution in [2.75, 3.05) is 64.2 Å². The van der Waals surface area contributed by atoms with E-state index in [2.05, 4.69) is 12.1 Å². The van der Waals surface area contributed by atoms with Crippen molar-refractivity contribution in [1.82, 2.24) is 9.55 Å². The minimum absolute atomic E-state index is 0.0529. The predicted octanol–water partition coefficient (Wildman–Crippen LogP) is 5.17. The molecule has 1 aliphatic heterocycles. The summed E-state index contributed by atoms with van der Waals surface area (Å²) in [5.74, 6) is 0.436. The van der Waals surface area contributed by atoms with Crippen LogP contribution in [0.15, 0.2) is 35.3 Å². The molecule has 2 aromatic rings. The van der Waals surface area contributed by atoms with Gasteiger partial charge in [-0.25, -0.2) is 9.78 Å². The van der Waals surface area contributed by atoms with Crippen molar-refractivity contribution in [3.8, 4) is 0 Å². The zero-order valence-corrected chi connectivity index (χ0v) is 30.1. The van der Waals surface area contributed by atoms with Gasteiger partial charge in [0.2, 0.25) is 0 Å². The van der Waals surface area contributed by atoms with Gasteiger partial charge in [-0.05, 0) is 82.9 Å². The minimum atomic E-state index is -0.561. The van der Waals surface area contributed by atoms with Gasteiger partial charge < -0.3 is 34.0 Å². The summed E-state index contributed by atoms with van der Waals surface area (Å²) < 4.78 is 29.0. The highest BCUT2D eigenvalue weighted by Gasteiger charge is 2.28. The summed E-state index contributed by atoms with van der Waals surface area (Å²) in [7, 11) is 0. The van der Waals surface area contributed by atoms with Crippen molar-refractivity contribution in [2.45, 2.75) is 104 Å². The molecule has 0 aromatic carbocycles. The van der Waals surface area contributed by atoms with E-state index in [0.29, 0.717) is 65.9 Å². The van der Waals surface area contributed by atoms with Gasteiger partial charge in [0.15, 0.2) is 0 Å². The van der Waals surface area contributed by atoms with Crippen molar-refractivity contribution < 1.29 is 33.3 Å². The van der Waals surface area contributed by atoms with Crippen LogP contribution in [0.2, 0.25) is 0 Å². The zero-order valence-electron chi connectivity index (χ0n) is 30.1. The van der Waals surface area contributed by atoms with Crippen molar-refractivity contribution in [1.29, 1.82) is 0 Å². The van der Waals surface area contributed by atoms with Gasteiger partial charge in [-0.2, -0.15) is 0 Å². The summed E-state index contributed by atoms with van der Waals surface area (Å²) in [5, 5.41) is 0. The number of nitrogens with zero attached hydrogens (tertiary/aromatic N) is 3. The first-order valence-electron chi connectivity index (χ1n) is 17.9. The van der Waals surface area contributed by atoms with Crippen LogP contribution in [0, 0.1) is 0 Å². The number of fused-ring (bicyclic) bond motifs is 1. The Morgan fingerprint density at radius 1 is 0.939 bits per heavy atom. The van der Waals surface area contributed by atoms with E-state index in [-0.39, 0.29) is 30.0 Å². The highest BCUT2D eigenvalue weighted by Crippen LogP contribution is 2.29. The summed E-state index contributed by atoms with van der Waals surface area (Å²) in [4.78, 5) is 44.5. The van der Waals surface area contributed by atoms with Gasteiger partial charge in [-0.1, -0.05) is 31.4 Å². The van der Waals surface area contributed by atoms with Crippen molar-refractivity contribution in [2.24, 2.45) is 5.73 Å². The van der Waals surface area contributed by atoms with Crippen molar-refractivity contribution in [3.63, 3.8) is 0 Å². The molecule has 1 amide bonds. The van der Waals surface area contributed by atoms with Gasteiger partial charge in [-0.3, -0.25) is 14.5 Å². The van der Waals surface area contributed by atoms with E-state index >= 15 is 0 Å². The number of ether oxygens (including phenoxy) is 5. The van der Waals surface area contributed by atoms with E-state index in [1.54, 1.807) is 22.5 Å². The predicted molar refractivity (Wildman–Crippen MR) is 189 cm³/mol. The number of rotatable bonds is 22. The summed E-state index contributed by atoms with van der Waals surface area (Å²) in [5.41, 5.74) is 7.72. The highest BCUT2D eigenvalue weighted by molar-refractivity contribution is 5.88. The first kappa shape index (κ1) is 40.1. The Balaban J connectivity index is 1.47. The second kappa shape index (κ2) is 21.7. The smallest absolute Gasteiger partial charge is 0.416 e. The lowest BCUT2D eigenvalue weighted by Gasteiger charge is -2.31. The normalized spacial score (nSPS) is 13.6. The number of carbonyl (C=O) groups excluding carboxylic acids is 2. The van der Waals surface area contributed by atoms with E-state index in [1.807, 2.05) is 33.0 Å². The number of unbranched alkanes of at least 4 members (excludes halogenated alkanes) is 3. The van der Waals surface area contributed by atoms with Crippen LogP contribution in [-0.4, -0.2) is 86.6 Å². The molecule has 1 unspecified atom stereocenters. The largest absolute Gasteiger partial charge is 0.466 e. The van der Waals surface area contributed by atoms with Gasteiger partial charge >= 0.3 is 12.1 Å². The molecule has 274 valence electrons. The molecule has 0 saturated heterocycles. The number of carbonyl (C=O) groups is 2. The topological polar surface area (TPSA) is 144 Å². The molecule has 0 saturated carbocycles. The van der Waals surface area contributed by atoms with Crippen LogP contribution >= 0.6 is 0 Å². The van der Waals surface area contributed by atoms with E-state index in [9.17, 15) is 14.4 Å². The van der Waals surface area contributed by atoms with Gasteiger partial charge in [-0.15, -0.1) is 0 Å². The zero-order chi connectivity index (χ0) is 35.5. The maximum absolute atomic E-state index is 12.8. The first-order chi connectivity index (χ1) is 23.6. The lowest BCUT2D eigenvalue weighted by Crippen LogP contribution is -2.40. The third-order valence-corrected chi connectivity index (χ3v) is 8.13. The molecular weight excluding hydrogens is 628 g/mol. The summed E-state index contributed by atoms with van der Waals surface area (Å²) in [6.07, 6.45) is 9.13. The second-order valence-electron chi connectivity index (χ2n) is 13.3. The summed E-state index contributed by atoms with van der Waals surface area (Å²) in [6.45, 7) is 12.0. The Kier molecular flexibility index (Phi) is 17.8. The minimum Gasteiger partial charge on any atom is -0.466 e. The first-order valence-corrected chi connectivity index (χ1v) is 17.9. The molecule has 12 nitrogen and oxygen atoms in total. The molecule has 2 N–H and O–H groups in total. The molecule has 0 fully saturated rings. The Morgan fingerprint density at radius 3 is 2.37 bits per heavy atom. The Hall–Kier alpha value is -3.32. The molecule has 0 bridgehead atoms. The van der Waals surface area contributed by atoms with Crippen LogP contribution < -0.4 is 16.2 Å². The number of pyridine rings is 2. The molecule has 49 heavy (non-hydrogen) atoms. The average molecular weight is 687 g/mol. The fourth-order valence-corrected chi connectivity index (χ4v) is 5.73. The van der Waals surface area contributed by atoms with Crippen LogP contribution in [0.4, 0.5) is 10.6 Å².